The van der Waals surface area contributed by atoms with Crippen molar-refractivity contribution in [3.8, 4) is 0 Å². The Hall–Kier alpha value is -0.101. The van der Waals surface area contributed by atoms with Crippen LogP contribution >= 0.6 is 15.6 Å². The van der Waals surface area contributed by atoms with E-state index in [-0.39, 0.29) is 17.1 Å². The molecule has 0 saturated heterocycles. The third-order valence-electron chi connectivity index (χ3n) is 1.55. The van der Waals surface area contributed by atoms with E-state index in [0.717, 1.165) is 0 Å². The summed E-state index contributed by atoms with van der Waals surface area (Å²) in [5, 5.41) is 0. The zero-order valence-electron chi connectivity index (χ0n) is 13.8. The van der Waals surface area contributed by atoms with Crippen LogP contribution in [0.3, 0.4) is 0 Å². The third kappa shape index (κ3) is 29.9. The summed E-state index contributed by atoms with van der Waals surface area (Å²) in [5.74, 6) is 0. The molecule has 0 aliphatic rings. The summed E-state index contributed by atoms with van der Waals surface area (Å²) in [5.41, 5.74) is 0. The fourth-order valence-electron chi connectivity index (χ4n) is 0.684. The van der Waals surface area contributed by atoms with Gasteiger partial charge in [-0.15, -0.1) is 0 Å². The van der Waals surface area contributed by atoms with Crippen molar-refractivity contribution in [1.29, 1.82) is 0 Å². The molecule has 0 atom stereocenters. The smallest absolute Gasteiger partial charge is 0.756 e. The van der Waals surface area contributed by atoms with Gasteiger partial charge in [-0.2, -0.15) is 52.7 Å². The molecule has 0 bridgehead atoms. The van der Waals surface area contributed by atoms with Crippen LogP contribution in [0, 0.1) is 0 Å². The van der Waals surface area contributed by atoms with E-state index in [1.165, 1.54) is 0 Å². The molecular formula is C8H8CuF12O8P2. The fraction of sp³-hybridized carbons (Fsp3) is 1.00. The van der Waals surface area contributed by atoms with E-state index in [4.69, 9.17) is 0 Å². The van der Waals surface area contributed by atoms with Crippen molar-refractivity contribution >= 4 is 15.6 Å². The fourth-order valence-corrected chi connectivity index (χ4v) is 2.05. The summed E-state index contributed by atoms with van der Waals surface area (Å²) in [4.78, 5) is 20.6. The number of alkyl halides is 12. The Morgan fingerprint density at radius 3 is 0.710 bits per heavy atom. The van der Waals surface area contributed by atoms with E-state index >= 15 is 0 Å². The standard InChI is InChI=1S/2C4H5F6O4P.Cu/c2*5-3(6,7)1-13-15(11,12)14-2-4(8,9)10;/h2*1-2H2,(H,11,12);/q;;+2/p-2. The molecule has 0 aliphatic heterocycles. The van der Waals surface area contributed by atoms with Gasteiger partial charge in [0.2, 0.25) is 0 Å². The predicted molar refractivity (Wildman–Crippen MR) is 63.2 cm³/mol. The number of hydrogen-bond acceptors (Lipinski definition) is 8. The van der Waals surface area contributed by atoms with Crippen LogP contribution in [0.25, 0.3) is 0 Å². The van der Waals surface area contributed by atoms with E-state index in [9.17, 15) is 71.6 Å². The molecule has 0 N–H and O–H groups in total. The first-order valence-corrected chi connectivity index (χ1v) is 9.22. The van der Waals surface area contributed by atoms with E-state index < -0.39 is 66.8 Å². The van der Waals surface area contributed by atoms with Crippen molar-refractivity contribution in [2.45, 2.75) is 24.7 Å². The van der Waals surface area contributed by atoms with Crippen LogP contribution in [0.1, 0.15) is 0 Å². The number of rotatable bonds is 8. The molecule has 193 valence electrons. The Bertz CT molecular complexity index is 507. The summed E-state index contributed by atoms with van der Waals surface area (Å²) in [7, 11) is -11.2. The minimum Gasteiger partial charge on any atom is -0.756 e. The molecule has 31 heavy (non-hydrogen) atoms. The Morgan fingerprint density at radius 1 is 0.484 bits per heavy atom. The van der Waals surface area contributed by atoms with Crippen molar-refractivity contribution < 1.29 is 107 Å². The summed E-state index contributed by atoms with van der Waals surface area (Å²) >= 11 is 0. The molecule has 23 heteroatoms. The van der Waals surface area contributed by atoms with Gasteiger partial charge in [0.1, 0.15) is 0 Å². The summed E-state index contributed by atoms with van der Waals surface area (Å²) < 4.78 is 170. The van der Waals surface area contributed by atoms with E-state index in [1.54, 1.807) is 0 Å². The average Bonchev–Trinajstić information content (AvgIpc) is 2.46. The van der Waals surface area contributed by atoms with Gasteiger partial charge in [-0.3, -0.25) is 9.13 Å². The first kappa shape index (κ1) is 35.5. The Balaban J connectivity index is -0.000000490. The van der Waals surface area contributed by atoms with Crippen LogP contribution in [0.5, 0.6) is 0 Å². The zero-order valence-corrected chi connectivity index (χ0v) is 16.6. The van der Waals surface area contributed by atoms with Crippen molar-refractivity contribution in [3.63, 3.8) is 0 Å². The van der Waals surface area contributed by atoms with Gasteiger partial charge in [-0.25, -0.2) is 0 Å². The van der Waals surface area contributed by atoms with Crippen LogP contribution in [0.15, 0.2) is 0 Å². The molecule has 0 saturated carbocycles. The summed E-state index contributed by atoms with van der Waals surface area (Å²) in [6.45, 7) is -8.92. The Labute approximate surface area is 174 Å². The maximum atomic E-state index is 11.4. The minimum absolute atomic E-state index is 0. The zero-order chi connectivity index (χ0) is 24.7. The molecular weight excluding hydrogens is 578 g/mol. The van der Waals surface area contributed by atoms with Gasteiger partial charge in [0.25, 0.3) is 15.6 Å². The number of phosphoric ester groups is 2. The van der Waals surface area contributed by atoms with Gasteiger partial charge in [0.05, 0.1) is 0 Å². The predicted octanol–water partition coefficient (Wildman–Crippen LogP) is 3.22. The second-order valence-electron chi connectivity index (χ2n) is 4.45. The molecule has 0 heterocycles. The average molecular weight is 586 g/mol. The molecule has 0 amide bonds. The second kappa shape index (κ2) is 13.0. The Morgan fingerprint density at radius 2 is 0.613 bits per heavy atom. The molecule has 0 aromatic rings. The number of hydrogen-bond donors (Lipinski definition) is 0. The molecule has 8 nitrogen and oxygen atoms in total. The van der Waals surface area contributed by atoms with Crippen LogP contribution in [0.4, 0.5) is 52.7 Å². The first-order chi connectivity index (χ1) is 12.8. The molecule has 0 aromatic carbocycles. The van der Waals surface area contributed by atoms with Crippen molar-refractivity contribution in [2.24, 2.45) is 0 Å². The van der Waals surface area contributed by atoms with Gasteiger partial charge in [-0.05, 0) is 0 Å². The minimum atomic E-state index is -5.58. The molecule has 0 aliphatic carbocycles. The van der Waals surface area contributed by atoms with Crippen LogP contribution < -0.4 is 9.79 Å². The largest absolute Gasteiger partial charge is 2.00 e. The van der Waals surface area contributed by atoms with E-state index in [1.807, 2.05) is 0 Å². The quantitative estimate of drug-likeness (QED) is 0.242. The maximum Gasteiger partial charge on any atom is 2.00 e. The summed E-state index contributed by atoms with van der Waals surface area (Å²) in [6, 6.07) is 0. The maximum absolute atomic E-state index is 11.4. The van der Waals surface area contributed by atoms with Crippen LogP contribution in [-0.4, -0.2) is 51.1 Å². The molecule has 0 unspecified atom stereocenters. The van der Waals surface area contributed by atoms with E-state index in [2.05, 4.69) is 18.1 Å². The molecule has 0 spiro atoms. The van der Waals surface area contributed by atoms with Gasteiger partial charge < -0.3 is 27.9 Å². The molecule has 0 fully saturated rings. The first-order valence-electron chi connectivity index (χ1n) is 6.30. The SMILES string of the molecule is O=P([O-])(OCC(F)(F)F)OCC(F)(F)F.O=P([O-])(OCC(F)(F)F)OCC(F)(F)F.[Cu+2]. The second-order valence-corrected chi connectivity index (χ2v) is 7.27. The van der Waals surface area contributed by atoms with Crippen LogP contribution in [0.2, 0.25) is 0 Å². The molecule has 0 aromatic heterocycles. The van der Waals surface area contributed by atoms with Gasteiger partial charge >= 0.3 is 41.8 Å². The van der Waals surface area contributed by atoms with Gasteiger partial charge in [-0.1, -0.05) is 0 Å². The summed E-state index contributed by atoms with van der Waals surface area (Å²) in [6.07, 6.45) is -19.9. The number of halogens is 12. The van der Waals surface area contributed by atoms with Crippen molar-refractivity contribution in [2.75, 3.05) is 26.4 Å². The Kier molecular flexibility index (Phi) is 14.8. The third-order valence-corrected chi connectivity index (χ3v) is 3.33. The molecule has 0 rings (SSSR count). The normalized spacial score (nSPS) is 13.9. The van der Waals surface area contributed by atoms with Gasteiger partial charge in [0, 0.05) is 0 Å². The van der Waals surface area contributed by atoms with Gasteiger partial charge in [0.15, 0.2) is 26.4 Å². The topological polar surface area (TPSA) is 117 Å². The number of phosphoric acid groups is 2. The van der Waals surface area contributed by atoms with Crippen LogP contribution in [-0.2, 0) is 44.3 Å². The van der Waals surface area contributed by atoms with Crippen molar-refractivity contribution in [1.82, 2.24) is 0 Å². The van der Waals surface area contributed by atoms with E-state index in [0.29, 0.717) is 0 Å². The monoisotopic (exact) mass is 585 g/mol. The van der Waals surface area contributed by atoms with Crippen molar-refractivity contribution in [3.05, 3.63) is 0 Å². The molecule has 1 radical (unpaired) electrons.